The van der Waals surface area contributed by atoms with Gasteiger partial charge in [-0.25, -0.2) is 9.97 Å². The molecule has 2 aromatic carbocycles. The normalized spacial score (nSPS) is 23.5. The highest BCUT2D eigenvalue weighted by Crippen LogP contribution is 2.66. The Bertz CT molecular complexity index is 1830. The van der Waals surface area contributed by atoms with E-state index in [2.05, 4.69) is 102 Å². The Kier molecular flexibility index (Phi) is 5.58. The lowest BCUT2D eigenvalue weighted by molar-refractivity contribution is -0.444. The molecule has 1 saturated carbocycles. The van der Waals surface area contributed by atoms with Crippen LogP contribution in [-0.2, 0) is 0 Å². The van der Waals surface area contributed by atoms with Crippen LogP contribution in [0, 0.1) is 0 Å². The van der Waals surface area contributed by atoms with Gasteiger partial charge >= 0.3 is 0 Å². The van der Waals surface area contributed by atoms with Gasteiger partial charge in [0.05, 0.1) is 33.2 Å². The fourth-order valence-electron chi connectivity index (χ4n) is 7.07. The van der Waals surface area contributed by atoms with Crippen LogP contribution in [0.4, 0.5) is 0 Å². The van der Waals surface area contributed by atoms with Crippen LogP contribution in [0.5, 0.6) is 0 Å². The number of thiophene rings is 2. The van der Waals surface area contributed by atoms with Gasteiger partial charge in [-0.15, -0.1) is 22.7 Å². The fourth-order valence-corrected chi connectivity index (χ4v) is 8.91. The minimum absolute atomic E-state index is 0.213. The molecule has 2 aliphatic heterocycles. The first kappa shape index (κ1) is 24.3. The van der Waals surface area contributed by atoms with Crippen molar-refractivity contribution >= 4 is 56.4 Å². The van der Waals surface area contributed by atoms with Gasteiger partial charge in [0.1, 0.15) is 37.8 Å². The van der Waals surface area contributed by atoms with E-state index in [0.29, 0.717) is 0 Å². The van der Waals surface area contributed by atoms with Crippen LogP contribution in [0.2, 0.25) is 0 Å². The molecule has 8 nitrogen and oxygen atoms in total. The number of amidine groups is 2. The summed E-state index contributed by atoms with van der Waals surface area (Å²) in [5.74, 6) is 5.25. The number of nitrogens with one attached hydrogen (secondary N) is 6. The summed E-state index contributed by atoms with van der Waals surface area (Å²) in [7, 11) is 0. The van der Waals surface area contributed by atoms with Crippen molar-refractivity contribution in [3.05, 3.63) is 104 Å². The van der Waals surface area contributed by atoms with E-state index in [1.807, 2.05) is 22.7 Å². The lowest BCUT2D eigenvalue weighted by atomic mass is 9.55. The highest BCUT2D eigenvalue weighted by atomic mass is 32.1. The van der Waals surface area contributed by atoms with E-state index < -0.39 is 0 Å². The zero-order valence-corrected chi connectivity index (χ0v) is 24.4. The maximum absolute atomic E-state index is 5.21. The summed E-state index contributed by atoms with van der Waals surface area (Å²) in [6, 6.07) is 21.9. The lowest BCUT2D eigenvalue weighted by Gasteiger charge is -2.50. The first-order chi connectivity index (χ1) is 20.8. The molecule has 0 unspecified atom stereocenters. The fraction of sp³-hybridized carbons (Fsp3) is 0.250. The Morgan fingerprint density at radius 3 is 1.52 bits per heavy atom. The quantitative estimate of drug-likeness (QED) is 0.178. The average molecular weight is 591 g/mol. The molecule has 0 atom stereocenters. The van der Waals surface area contributed by atoms with Crippen LogP contribution in [0.1, 0.15) is 56.2 Å². The second kappa shape index (κ2) is 9.64. The van der Waals surface area contributed by atoms with Gasteiger partial charge in [0.2, 0.25) is 0 Å². The molecule has 42 heavy (non-hydrogen) atoms. The number of fused-ring (bicyclic) bond motifs is 2. The molecule has 1 fully saturated rings. The van der Waals surface area contributed by atoms with Crippen LogP contribution in [0.3, 0.4) is 0 Å². The van der Waals surface area contributed by atoms with Crippen molar-refractivity contribution in [2.75, 3.05) is 26.2 Å². The Morgan fingerprint density at radius 1 is 0.619 bits per heavy atom. The van der Waals surface area contributed by atoms with Crippen molar-refractivity contribution < 1.29 is 9.98 Å². The Balaban J connectivity index is 1.15. The molecule has 10 heteroatoms. The van der Waals surface area contributed by atoms with Crippen LogP contribution in [0.25, 0.3) is 22.1 Å². The predicted molar refractivity (Wildman–Crippen MR) is 168 cm³/mol. The molecule has 4 aromatic heterocycles. The summed E-state index contributed by atoms with van der Waals surface area (Å²) in [6.45, 7) is 3.80. The highest BCUT2D eigenvalue weighted by molar-refractivity contribution is 7.10. The van der Waals surface area contributed by atoms with Gasteiger partial charge < -0.3 is 9.97 Å². The Morgan fingerprint density at radius 2 is 1.12 bits per heavy atom. The highest BCUT2D eigenvalue weighted by Gasteiger charge is 2.56. The topological polar surface area (TPSA) is 109 Å². The van der Waals surface area contributed by atoms with Gasteiger partial charge in [0.15, 0.2) is 0 Å². The molecule has 208 valence electrons. The molecule has 1 aliphatic carbocycles. The van der Waals surface area contributed by atoms with Crippen molar-refractivity contribution in [1.82, 2.24) is 30.6 Å². The van der Waals surface area contributed by atoms with Crippen molar-refractivity contribution in [1.29, 1.82) is 0 Å². The Labute approximate surface area is 250 Å². The summed E-state index contributed by atoms with van der Waals surface area (Å²) in [5, 5.41) is 11.3. The van der Waals surface area contributed by atoms with Gasteiger partial charge in [-0.3, -0.25) is 20.6 Å². The number of imidazole rings is 2. The standard InChI is InChI=1S/C32H28N8S2/c1-3-23(41-13-1)25-27(31-37-19-7-5-17(15-21(19)39-31)29-33-9-10-34-29)26(24-4-2-14-42-24)28(25)32-38-20-8-6-18(16-22(20)40-32)30-35-11-12-36-30/h1-8,13-16,25-28H,9-12H2,(H,33,34)(H,35,36)(H,37,39)(H,38,40)/p+2. The molecule has 0 spiro atoms. The van der Waals surface area contributed by atoms with Gasteiger partial charge in [-0.2, -0.15) is 0 Å². The third-order valence-electron chi connectivity index (χ3n) is 8.96. The number of benzene rings is 2. The van der Waals surface area contributed by atoms with E-state index in [4.69, 9.17) is 9.97 Å². The summed E-state index contributed by atoms with van der Waals surface area (Å²) < 4.78 is 0. The molecule has 0 amide bonds. The van der Waals surface area contributed by atoms with Crippen molar-refractivity contribution in [3.63, 3.8) is 0 Å². The third-order valence-corrected chi connectivity index (χ3v) is 10.9. The first-order valence-corrected chi connectivity index (χ1v) is 16.3. The number of nitrogens with zero attached hydrogens (tertiary/aromatic N) is 2. The van der Waals surface area contributed by atoms with Gasteiger partial charge in [0.25, 0.3) is 11.7 Å². The molecule has 6 N–H and O–H groups in total. The number of aromatic nitrogens is 4. The molecular weight excluding hydrogens is 561 g/mol. The van der Waals surface area contributed by atoms with E-state index in [1.165, 1.54) is 9.75 Å². The van der Waals surface area contributed by atoms with Crippen LogP contribution in [0.15, 0.2) is 71.4 Å². The largest absolute Gasteiger partial charge is 0.342 e. The van der Waals surface area contributed by atoms with Gasteiger partial charge in [-0.1, -0.05) is 12.1 Å². The molecule has 9 rings (SSSR count). The van der Waals surface area contributed by atoms with E-state index in [1.54, 1.807) is 0 Å². The second-order valence-electron chi connectivity index (χ2n) is 11.3. The zero-order chi connectivity index (χ0) is 27.6. The molecule has 6 aromatic rings. The number of hydrogen-bond donors (Lipinski definition) is 6. The maximum atomic E-state index is 5.21. The molecule has 0 radical (unpaired) electrons. The van der Waals surface area contributed by atoms with Gasteiger partial charge in [0, 0.05) is 33.4 Å². The minimum Gasteiger partial charge on any atom is -0.342 e. The summed E-state index contributed by atoms with van der Waals surface area (Å²) in [6.07, 6.45) is 0. The van der Waals surface area contributed by atoms with E-state index in [0.717, 1.165) is 82.7 Å². The van der Waals surface area contributed by atoms with Crippen molar-refractivity contribution in [2.45, 2.75) is 23.7 Å². The molecule has 0 saturated heterocycles. The summed E-state index contributed by atoms with van der Waals surface area (Å²) in [5.41, 5.74) is 6.49. The monoisotopic (exact) mass is 590 g/mol. The molecular formula is C32H30N8S2+2. The SMILES string of the molecule is c1csc(C2C(c3nc4ccc(C5=[NH+]CCN5)cc4[nH]3)C(c3cccs3)C2c2nc3ccc(C4=[NH+]CCN4)cc3[nH]2)c1. The summed E-state index contributed by atoms with van der Waals surface area (Å²) >= 11 is 3.67. The molecule has 3 aliphatic rings. The number of rotatable bonds is 6. The Hall–Kier alpha value is -4.28. The first-order valence-electron chi connectivity index (χ1n) is 14.6. The van der Waals surface area contributed by atoms with Gasteiger partial charge in [-0.05, 0) is 59.3 Å². The van der Waals surface area contributed by atoms with Crippen LogP contribution < -0.4 is 20.6 Å². The van der Waals surface area contributed by atoms with Crippen LogP contribution in [-0.4, -0.2) is 57.8 Å². The summed E-state index contributed by atoms with van der Waals surface area (Å²) in [4.78, 5) is 27.6. The molecule has 0 bridgehead atoms. The zero-order valence-electron chi connectivity index (χ0n) is 22.8. The lowest BCUT2D eigenvalue weighted by Crippen LogP contribution is -2.70. The number of hydrogen-bond acceptors (Lipinski definition) is 6. The van der Waals surface area contributed by atoms with Crippen LogP contribution >= 0.6 is 22.7 Å². The second-order valence-corrected chi connectivity index (χ2v) is 13.3. The molecule has 6 heterocycles. The van der Waals surface area contributed by atoms with E-state index >= 15 is 0 Å². The number of H-pyrrole nitrogens is 2. The average Bonchev–Trinajstić information content (AvgIpc) is 3.82. The smallest absolute Gasteiger partial charge is 0.275 e. The van der Waals surface area contributed by atoms with Crippen molar-refractivity contribution in [3.8, 4) is 0 Å². The third kappa shape index (κ3) is 3.85. The van der Waals surface area contributed by atoms with Crippen molar-refractivity contribution in [2.24, 2.45) is 0 Å². The minimum atomic E-state index is 0.213. The maximum Gasteiger partial charge on any atom is 0.275 e. The van der Waals surface area contributed by atoms with E-state index in [-0.39, 0.29) is 23.7 Å². The predicted octanol–water partition coefficient (Wildman–Crippen LogP) is 1.87. The number of aromatic amines is 2. The van der Waals surface area contributed by atoms with E-state index in [9.17, 15) is 0 Å².